The van der Waals surface area contributed by atoms with Crippen molar-refractivity contribution >= 4 is 29.0 Å². The quantitative estimate of drug-likeness (QED) is 0.0307. The summed E-state index contributed by atoms with van der Waals surface area (Å²) in [5.41, 5.74) is 2.40. The molecule has 0 amide bonds. The SMILES string of the molecule is CCCCCCCCCCCCCCCCCCc1cc(O)c(I=O)c(CCCCCCCCCCCCCCCCCC)c1.O=P(O)(O)O. The van der Waals surface area contributed by atoms with Gasteiger partial charge in [-0.15, -0.1) is 0 Å². The molecule has 0 spiro atoms. The summed E-state index contributed by atoms with van der Waals surface area (Å²) in [7, 11) is -4.64. The number of hydrogen-bond donors (Lipinski definition) is 4. The van der Waals surface area contributed by atoms with Gasteiger partial charge in [-0.2, -0.15) is 0 Å². The molecule has 0 aliphatic carbocycles. The number of phenols is 1. The van der Waals surface area contributed by atoms with Gasteiger partial charge in [0.25, 0.3) is 0 Å². The van der Waals surface area contributed by atoms with E-state index in [2.05, 4.69) is 19.9 Å². The Hall–Kier alpha value is -0.340. The lowest BCUT2D eigenvalue weighted by Gasteiger charge is -2.10. The van der Waals surface area contributed by atoms with E-state index in [1.165, 1.54) is 205 Å². The number of phenolic OH excluding ortho intramolecular Hbond substituents is 1. The first-order valence-corrected chi connectivity index (χ1v) is 24.7. The molecule has 0 saturated carbocycles. The molecule has 0 bridgehead atoms. The Morgan fingerprint density at radius 2 is 0.720 bits per heavy atom. The number of halogens is 1. The fourth-order valence-corrected chi connectivity index (χ4v) is 7.98. The molecule has 0 aliphatic heterocycles. The lowest BCUT2D eigenvalue weighted by atomic mass is 9.99. The summed E-state index contributed by atoms with van der Waals surface area (Å²) in [6, 6.07) is 4.17. The van der Waals surface area contributed by atoms with Crippen LogP contribution in [0.1, 0.15) is 230 Å². The molecular formula is C42H80IO6P. The summed E-state index contributed by atoms with van der Waals surface area (Å²) in [4.78, 5) is 21.6. The Morgan fingerprint density at radius 1 is 0.460 bits per heavy atom. The molecular weight excluding hydrogens is 758 g/mol. The second kappa shape index (κ2) is 37.0. The van der Waals surface area contributed by atoms with Crippen LogP contribution in [0.25, 0.3) is 0 Å². The molecule has 0 atom stereocenters. The first-order chi connectivity index (χ1) is 24.2. The van der Waals surface area contributed by atoms with Crippen molar-refractivity contribution in [2.75, 3.05) is 0 Å². The highest BCUT2D eigenvalue weighted by molar-refractivity contribution is 14.1. The van der Waals surface area contributed by atoms with Crippen molar-refractivity contribution < 1.29 is 27.4 Å². The number of hydrogen-bond acceptors (Lipinski definition) is 3. The summed E-state index contributed by atoms with van der Waals surface area (Å²) in [5, 5.41) is 10.6. The number of rotatable bonds is 35. The molecule has 0 fully saturated rings. The first kappa shape index (κ1) is 49.7. The van der Waals surface area contributed by atoms with Gasteiger partial charge in [0.05, 0.1) is 3.57 Å². The van der Waals surface area contributed by atoms with Gasteiger partial charge in [0.1, 0.15) is 5.75 Å². The van der Waals surface area contributed by atoms with Crippen molar-refractivity contribution in [1.29, 1.82) is 0 Å². The van der Waals surface area contributed by atoms with Crippen LogP contribution in [0.5, 0.6) is 5.75 Å². The number of aryl methyl sites for hydroxylation is 2. The minimum Gasteiger partial charge on any atom is -0.507 e. The van der Waals surface area contributed by atoms with Gasteiger partial charge in [0, 0.05) is 0 Å². The summed E-state index contributed by atoms with van der Waals surface area (Å²) in [6.45, 7) is 4.59. The van der Waals surface area contributed by atoms with E-state index < -0.39 is 29.0 Å². The lowest BCUT2D eigenvalue weighted by molar-refractivity contribution is 0.275. The van der Waals surface area contributed by atoms with Crippen molar-refractivity contribution in [3.05, 3.63) is 26.8 Å². The molecule has 0 aromatic heterocycles. The standard InChI is InChI=1S/C42H77IO2.H3O4P/c1-3-5-7-9-11-13-15-17-19-21-23-25-27-29-31-33-35-39-37-40(42(43-45)41(44)38-39)36-34-32-30-28-26-24-22-20-18-16-14-12-10-8-6-4-2;1-5(2,3)4/h37-38,44H,3-36H2,1-2H3;(H3,1,2,3,4). The smallest absolute Gasteiger partial charge is 0.466 e. The first-order valence-electron chi connectivity index (χ1n) is 21.1. The maximum Gasteiger partial charge on any atom is 0.466 e. The average molecular weight is 839 g/mol. The highest BCUT2D eigenvalue weighted by Crippen LogP contribution is 2.30. The maximum absolute atomic E-state index is 11.9. The number of benzene rings is 1. The second-order valence-electron chi connectivity index (χ2n) is 14.8. The van der Waals surface area contributed by atoms with Crippen LogP contribution in [-0.4, -0.2) is 19.8 Å². The van der Waals surface area contributed by atoms with Crippen LogP contribution in [0, 0.1) is 3.57 Å². The van der Waals surface area contributed by atoms with E-state index in [-0.39, 0.29) is 0 Å². The summed E-state index contributed by atoms with van der Waals surface area (Å²) in [5.74, 6) is 0.290. The molecule has 8 heteroatoms. The van der Waals surface area contributed by atoms with E-state index in [1.54, 1.807) is 0 Å². The number of phosphoric acid groups is 1. The molecule has 296 valence electrons. The zero-order chi connectivity index (χ0) is 37.0. The van der Waals surface area contributed by atoms with Crippen LogP contribution < -0.4 is 0 Å². The summed E-state index contributed by atoms with van der Waals surface area (Å²) in [6.07, 6.45) is 46.4. The molecule has 0 unspecified atom stereocenters. The van der Waals surface area contributed by atoms with Gasteiger partial charge in [-0.3, -0.25) is 3.07 Å². The molecule has 1 aromatic carbocycles. The highest BCUT2D eigenvalue weighted by atomic mass is 127. The summed E-state index contributed by atoms with van der Waals surface area (Å²) < 4.78 is 21.6. The van der Waals surface area contributed by atoms with E-state index in [9.17, 15) is 8.18 Å². The molecule has 6 nitrogen and oxygen atoms in total. The number of aromatic hydroxyl groups is 1. The third kappa shape index (κ3) is 36.0. The van der Waals surface area contributed by atoms with Gasteiger partial charge in [-0.25, -0.2) is 4.57 Å². The second-order valence-corrected chi connectivity index (χ2v) is 17.3. The molecule has 1 aromatic rings. The molecule has 50 heavy (non-hydrogen) atoms. The highest BCUT2D eigenvalue weighted by Gasteiger charge is 2.11. The average Bonchev–Trinajstić information content (AvgIpc) is 3.07. The van der Waals surface area contributed by atoms with Crippen LogP contribution >= 0.6 is 29.0 Å². The predicted molar refractivity (Wildman–Crippen MR) is 222 cm³/mol. The molecule has 1 rings (SSSR count). The lowest BCUT2D eigenvalue weighted by Crippen LogP contribution is -1.96. The van der Waals surface area contributed by atoms with Gasteiger partial charge in [-0.1, -0.05) is 213 Å². The molecule has 4 N–H and O–H groups in total. The van der Waals surface area contributed by atoms with Crippen LogP contribution in [0.4, 0.5) is 0 Å². The van der Waals surface area contributed by atoms with Crippen molar-refractivity contribution in [3.8, 4) is 5.75 Å². The normalized spacial score (nSPS) is 11.5. The fraction of sp³-hybridized carbons (Fsp3) is 0.857. The van der Waals surface area contributed by atoms with E-state index in [4.69, 9.17) is 19.2 Å². The molecule has 0 radical (unpaired) electrons. The van der Waals surface area contributed by atoms with Crippen molar-refractivity contribution in [2.24, 2.45) is 0 Å². The van der Waals surface area contributed by atoms with E-state index in [0.29, 0.717) is 5.75 Å². The van der Waals surface area contributed by atoms with Crippen LogP contribution in [0.15, 0.2) is 12.1 Å². The Bertz CT molecular complexity index is 929. The van der Waals surface area contributed by atoms with E-state index in [1.807, 2.05) is 6.07 Å². The topological polar surface area (TPSA) is 115 Å². The van der Waals surface area contributed by atoms with Crippen LogP contribution in [-0.2, 0) is 20.5 Å². The zero-order valence-electron chi connectivity index (χ0n) is 32.6. The molecule has 0 saturated heterocycles. The van der Waals surface area contributed by atoms with Crippen molar-refractivity contribution in [2.45, 2.75) is 232 Å². The van der Waals surface area contributed by atoms with Crippen LogP contribution in [0.3, 0.4) is 0 Å². The summed E-state index contributed by atoms with van der Waals surface area (Å²) >= 11 is -1.33. The third-order valence-electron chi connectivity index (χ3n) is 9.88. The van der Waals surface area contributed by atoms with Gasteiger partial charge < -0.3 is 19.8 Å². The largest absolute Gasteiger partial charge is 0.507 e. The molecule has 0 heterocycles. The Labute approximate surface area is 319 Å². The Kier molecular flexibility index (Phi) is 36.7. The monoisotopic (exact) mass is 838 g/mol. The maximum atomic E-state index is 11.9. The predicted octanol–water partition coefficient (Wildman–Crippen LogP) is 14.6. The zero-order valence-corrected chi connectivity index (χ0v) is 35.7. The van der Waals surface area contributed by atoms with Gasteiger partial charge >= 0.3 is 7.82 Å². The Morgan fingerprint density at radius 3 is 1.00 bits per heavy atom. The van der Waals surface area contributed by atoms with Gasteiger partial charge in [0.2, 0.25) is 0 Å². The van der Waals surface area contributed by atoms with Gasteiger partial charge in [-0.05, 0) is 42.9 Å². The van der Waals surface area contributed by atoms with Gasteiger partial charge in [0.15, 0.2) is 21.2 Å². The Balaban J connectivity index is 0.00000445. The van der Waals surface area contributed by atoms with E-state index in [0.717, 1.165) is 28.4 Å². The van der Waals surface area contributed by atoms with Crippen molar-refractivity contribution in [3.63, 3.8) is 0 Å². The minimum absolute atomic E-state index is 0.290. The molecule has 0 aliphatic rings. The third-order valence-corrected chi connectivity index (χ3v) is 11.6. The number of unbranched alkanes of at least 4 members (excludes halogenated alkanes) is 30. The van der Waals surface area contributed by atoms with Crippen molar-refractivity contribution in [1.82, 2.24) is 0 Å². The fourth-order valence-electron chi connectivity index (χ4n) is 6.89. The van der Waals surface area contributed by atoms with E-state index >= 15 is 0 Å². The minimum atomic E-state index is -4.64. The van der Waals surface area contributed by atoms with Crippen LogP contribution in [0.2, 0.25) is 0 Å².